The molecule has 1 atom stereocenters. The molecule has 2 fully saturated rings. The lowest BCUT2D eigenvalue weighted by atomic mass is 9.81. The lowest BCUT2D eigenvalue weighted by Crippen LogP contribution is -3.12. The average Bonchev–Trinajstić information content (AvgIpc) is 3.33. The molecule has 2 aromatic heterocycles. The maximum atomic E-state index is 14.1. The van der Waals surface area contributed by atoms with Crippen LogP contribution in [0.4, 0.5) is 11.5 Å². The Kier molecular flexibility index (Phi) is 9.47. The number of aromatic carboxylic acids is 1. The maximum Gasteiger partial charge on any atom is 0.348 e. The first-order chi connectivity index (χ1) is 18.5. The first-order valence-electron chi connectivity index (χ1n) is 14.3. The van der Waals surface area contributed by atoms with E-state index < -0.39 is 5.97 Å². The summed E-state index contributed by atoms with van der Waals surface area (Å²) in [7, 11) is 2.05. The van der Waals surface area contributed by atoms with Gasteiger partial charge in [0.2, 0.25) is 11.7 Å². The van der Waals surface area contributed by atoms with Crippen molar-refractivity contribution in [1.82, 2.24) is 10.4 Å². The largest absolute Gasteiger partial charge is 0.477 e. The van der Waals surface area contributed by atoms with Gasteiger partial charge >= 0.3 is 5.97 Å². The van der Waals surface area contributed by atoms with Crippen LogP contribution < -0.4 is 15.3 Å². The van der Waals surface area contributed by atoms with Gasteiger partial charge in [0.1, 0.15) is 4.88 Å². The van der Waals surface area contributed by atoms with Crippen LogP contribution in [0.2, 0.25) is 0 Å². The fourth-order valence-corrected chi connectivity index (χ4v) is 6.51. The molecule has 2 saturated carbocycles. The highest BCUT2D eigenvalue weighted by molar-refractivity contribution is 7.15. The fourth-order valence-electron chi connectivity index (χ4n) is 5.67. The predicted octanol–water partition coefficient (Wildman–Crippen LogP) is 5.06. The zero-order chi connectivity index (χ0) is 28.2. The van der Waals surface area contributed by atoms with E-state index in [1.807, 2.05) is 49.9 Å². The molecule has 4 rings (SSSR count). The van der Waals surface area contributed by atoms with Crippen LogP contribution in [0.3, 0.4) is 0 Å². The lowest BCUT2D eigenvalue weighted by molar-refractivity contribution is -0.866. The van der Waals surface area contributed by atoms with Crippen LogP contribution >= 0.6 is 11.3 Å². The summed E-state index contributed by atoms with van der Waals surface area (Å²) in [5.74, 6) is 7.01. The number of carboxylic acid groups (broad SMARTS) is 1. The second kappa shape index (κ2) is 12.6. The van der Waals surface area contributed by atoms with Gasteiger partial charge in [-0.05, 0) is 90.2 Å². The zero-order valence-electron chi connectivity index (χ0n) is 23.9. The van der Waals surface area contributed by atoms with Crippen molar-refractivity contribution in [2.45, 2.75) is 91.1 Å². The Morgan fingerprint density at radius 1 is 1.10 bits per heavy atom. The van der Waals surface area contributed by atoms with Crippen LogP contribution in [0.1, 0.15) is 93.6 Å². The minimum atomic E-state index is -0.996. The van der Waals surface area contributed by atoms with Crippen molar-refractivity contribution >= 4 is 34.7 Å². The quantitative estimate of drug-likeness (QED) is 0.331. The highest BCUT2D eigenvalue weighted by Crippen LogP contribution is 2.38. The van der Waals surface area contributed by atoms with E-state index >= 15 is 0 Å². The Morgan fingerprint density at radius 3 is 2.38 bits per heavy atom. The van der Waals surface area contributed by atoms with Crippen molar-refractivity contribution < 1.29 is 19.7 Å². The van der Waals surface area contributed by atoms with Gasteiger partial charge in [-0.1, -0.05) is 24.8 Å². The highest BCUT2D eigenvalue weighted by atomic mass is 32.1. The molecule has 0 bridgehead atoms. The normalized spacial score (nSPS) is 24.3. The second-order valence-electron chi connectivity index (χ2n) is 12.3. The van der Waals surface area contributed by atoms with Crippen molar-refractivity contribution in [3.8, 4) is 11.8 Å². The van der Waals surface area contributed by atoms with Gasteiger partial charge in [-0.25, -0.2) is 14.8 Å². The van der Waals surface area contributed by atoms with Gasteiger partial charge in [0.05, 0.1) is 23.7 Å². The molecule has 0 aliphatic heterocycles. The number of nitrogens with one attached hydrogen (secondary N) is 2. The van der Waals surface area contributed by atoms with Crippen molar-refractivity contribution in [2.75, 3.05) is 11.9 Å². The summed E-state index contributed by atoms with van der Waals surface area (Å²) in [5.41, 5.74) is 3.97. The molecule has 2 aliphatic rings. The number of rotatable bonds is 7. The molecule has 8 heteroatoms. The van der Waals surface area contributed by atoms with E-state index in [4.69, 9.17) is 0 Å². The number of nitrogens with zero attached hydrogens (tertiary/aromatic N) is 2. The molecule has 3 N–H and O–H groups in total. The van der Waals surface area contributed by atoms with Crippen molar-refractivity contribution in [3.63, 3.8) is 0 Å². The first-order valence-corrected chi connectivity index (χ1v) is 15.1. The van der Waals surface area contributed by atoms with E-state index in [2.05, 4.69) is 36.2 Å². The summed E-state index contributed by atoms with van der Waals surface area (Å²) in [6.07, 6.45) is 9.08. The third-order valence-corrected chi connectivity index (χ3v) is 8.89. The molecule has 0 aromatic carbocycles. The van der Waals surface area contributed by atoms with E-state index in [9.17, 15) is 14.7 Å². The Bertz CT molecular complexity index is 1190. The number of hydrogen-bond acceptors (Lipinski definition) is 5. The molecular formula is C31H43N4O3S+. The number of amides is 1. The Labute approximate surface area is 237 Å². The molecule has 2 aliphatic carbocycles. The summed E-state index contributed by atoms with van der Waals surface area (Å²) in [4.78, 5) is 33.7. The lowest BCUT2D eigenvalue weighted by Gasteiger charge is -2.39. The van der Waals surface area contributed by atoms with Gasteiger partial charge in [0, 0.05) is 29.6 Å². The van der Waals surface area contributed by atoms with E-state index in [-0.39, 0.29) is 28.2 Å². The molecule has 39 heavy (non-hydrogen) atoms. The smallest absolute Gasteiger partial charge is 0.348 e. The van der Waals surface area contributed by atoms with Crippen LogP contribution in [0.15, 0.2) is 30.5 Å². The SMILES string of the molecule is CC1CCC(C(=O)N(c2cc(C#CC(C)(C)C)sc2C(=O)O)C2CCC(N[NH+](C)c3ccccn3)CC2)CC1. The third-order valence-electron chi connectivity index (χ3n) is 7.86. The number of carbonyl (C=O) groups excluding carboxylic acids is 1. The number of carboxylic acids is 1. The van der Waals surface area contributed by atoms with Crippen LogP contribution in [0.25, 0.3) is 0 Å². The molecule has 1 unspecified atom stereocenters. The van der Waals surface area contributed by atoms with Gasteiger partial charge in [-0.3, -0.25) is 4.79 Å². The van der Waals surface area contributed by atoms with E-state index in [0.29, 0.717) is 22.5 Å². The van der Waals surface area contributed by atoms with E-state index in [0.717, 1.165) is 62.2 Å². The van der Waals surface area contributed by atoms with E-state index in [1.54, 1.807) is 6.20 Å². The Hall–Kier alpha value is -2.73. The number of aromatic nitrogens is 1. The summed E-state index contributed by atoms with van der Waals surface area (Å²) in [5, 5.41) is 11.2. The second-order valence-corrected chi connectivity index (χ2v) is 13.3. The molecule has 2 heterocycles. The van der Waals surface area contributed by atoms with Crippen molar-refractivity contribution in [1.29, 1.82) is 0 Å². The summed E-state index contributed by atoms with van der Waals surface area (Å²) >= 11 is 1.18. The van der Waals surface area contributed by atoms with Crippen LogP contribution in [0.5, 0.6) is 0 Å². The molecular weight excluding hydrogens is 508 g/mol. The minimum absolute atomic E-state index is 0.0267. The topological polar surface area (TPSA) is 87.0 Å². The Balaban J connectivity index is 1.58. The molecule has 1 amide bonds. The van der Waals surface area contributed by atoms with Crippen LogP contribution in [-0.4, -0.2) is 41.1 Å². The number of anilines is 1. The number of quaternary nitrogens is 1. The molecule has 7 nitrogen and oxygen atoms in total. The number of hydrogen-bond donors (Lipinski definition) is 3. The maximum absolute atomic E-state index is 14.1. The minimum Gasteiger partial charge on any atom is -0.477 e. The predicted molar refractivity (Wildman–Crippen MR) is 156 cm³/mol. The van der Waals surface area contributed by atoms with Crippen molar-refractivity contribution in [3.05, 3.63) is 40.2 Å². The standard InChI is InChI=1S/C31H42N4O3S/c1-21-9-11-22(12-10-21)29(36)35(26-20-25(17-18-31(2,3)4)39-28(26)30(37)38)24-15-13-23(14-16-24)33-34(5)27-8-6-7-19-32-27/h6-8,19-24,33H,9-16H2,1-5H3,(H,37,38)/p+1. The average molecular weight is 552 g/mol. The fraction of sp³-hybridized carbons (Fsp3) is 0.581. The van der Waals surface area contributed by atoms with Gasteiger partial charge in [-0.2, -0.15) is 5.43 Å². The monoisotopic (exact) mass is 551 g/mol. The molecule has 0 spiro atoms. The van der Waals surface area contributed by atoms with Gasteiger partial charge in [0.15, 0.2) is 0 Å². The summed E-state index contributed by atoms with van der Waals surface area (Å²) in [6, 6.07) is 8.02. The van der Waals surface area contributed by atoms with E-state index in [1.165, 1.54) is 11.3 Å². The summed E-state index contributed by atoms with van der Waals surface area (Å²) in [6.45, 7) is 8.35. The molecule has 0 saturated heterocycles. The van der Waals surface area contributed by atoms with Gasteiger partial charge in [-0.15, -0.1) is 11.3 Å². The Morgan fingerprint density at radius 2 is 1.79 bits per heavy atom. The van der Waals surface area contributed by atoms with Crippen LogP contribution in [-0.2, 0) is 4.79 Å². The first kappa shape index (κ1) is 29.3. The summed E-state index contributed by atoms with van der Waals surface area (Å²) < 4.78 is 0. The zero-order valence-corrected chi connectivity index (χ0v) is 24.7. The highest BCUT2D eigenvalue weighted by Gasteiger charge is 2.38. The van der Waals surface area contributed by atoms with Crippen LogP contribution in [0, 0.1) is 29.1 Å². The van der Waals surface area contributed by atoms with Gasteiger partial charge < -0.3 is 10.0 Å². The molecule has 0 radical (unpaired) electrons. The number of thiophene rings is 1. The molecule has 210 valence electrons. The van der Waals surface area contributed by atoms with Crippen molar-refractivity contribution in [2.24, 2.45) is 17.3 Å². The van der Waals surface area contributed by atoms with Gasteiger partial charge in [0.25, 0.3) is 0 Å². The number of pyridine rings is 1. The third kappa shape index (κ3) is 7.69. The number of carbonyl (C=O) groups is 2. The molecule has 2 aromatic rings.